The molecule has 130 valence electrons. The second-order valence-corrected chi connectivity index (χ2v) is 5.85. The summed E-state index contributed by atoms with van der Waals surface area (Å²) in [7, 11) is 0. The van der Waals surface area contributed by atoms with Crippen LogP contribution in [0.4, 0.5) is 11.4 Å². The number of carbonyl (C=O) groups is 2. The summed E-state index contributed by atoms with van der Waals surface area (Å²) in [6.45, 7) is 1.19. The summed E-state index contributed by atoms with van der Waals surface area (Å²) in [6, 6.07) is 8.27. The molecule has 2 aromatic rings. The molecule has 0 spiro atoms. The number of nitro groups is 1. The van der Waals surface area contributed by atoms with Crippen molar-refractivity contribution in [3.8, 4) is 0 Å². The normalized spacial score (nSPS) is 10.2. The number of aryl methyl sites for hydroxylation is 1. The summed E-state index contributed by atoms with van der Waals surface area (Å²) in [5.41, 5.74) is 0.775. The Morgan fingerprint density at radius 3 is 2.56 bits per heavy atom. The van der Waals surface area contributed by atoms with Crippen molar-refractivity contribution >= 4 is 46.5 Å². The van der Waals surface area contributed by atoms with E-state index in [0.717, 1.165) is 17.7 Å². The molecule has 0 atom stereocenters. The molecule has 1 amide bonds. The van der Waals surface area contributed by atoms with Crippen molar-refractivity contribution in [2.75, 3.05) is 11.9 Å². The molecule has 7 nitrogen and oxygen atoms in total. The van der Waals surface area contributed by atoms with Gasteiger partial charge in [0.25, 0.3) is 11.6 Å². The smallest absolute Gasteiger partial charge is 0.340 e. The molecule has 0 unspecified atom stereocenters. The first-order valence-electron chi connectivity index (χ1n) is 6.95. The summed E-state index contributed by atoms with van der Waals surface area (Å²) in [5.74, 6) is -1.50. The molecule has 1 N–H and O–H groups in total. The zero-order chi connectivity index (χ0) is 18.6. The van der Waals surface area contributed by atoms with Gasteiger partial charge in [-0.2, -0.15) is 0 Å². The van der Waals surface area contributed by atoms with Crippen LogP contribution in [0.2, 0.25) is 10.0 Å². The molecule has 2 rings (SSSR count). The summed E-state index contributed by atoms with van der Waals surface area (Å²) >= 11 is 11.7. The molecule has 0 aliphatic carbocycles. The summed E-state index contributed by atoms with van der Waals surface area (Å²) in [6.07, 6.45) is 0. The van der Waals surface area contributed by atoms with Crippen molar-refractivity contribution < 1.29 is 19.2 Å². The molecule has 0 aliphatic heterocycles. The van der Waals surface area contributed by atoms with Crippen LogP contribution in [0.5, 0.6) is 0 Å². The number of non-ortho nitro benzene ring substituents is 1. The minimum atomic E-state index is -0.934. The van der Waals surface area contributed by atoms with E-state index < -0.39 is 23.4 Å². The predicted molar refractivity (Wildman–Crippen MR) is 93.2 cm³/mol. The van der Waals surface area contributed by atoms with Crippen LogP contribution in [0.3, 0.4) is 0 Å². The highest BCUT2D eigenvalue weighted by Crippen LogP contribution is 2.23. The third-order valence-corrected chi connectivity index (χ3v) is 3.74. The lowest BCUT2D eigenvalue weighted by atomic mass is 10.2. The number of nitrogens with zero attached hydrogens (tertiary/aromatic N) is 1. The van der Waals surface area contributed by atoms with Gasteiger partial charge in [0.2, 0.25) is 0 Å². The zero-order valence-corrected chi connectivity index (χ0v) is 14.4. The van der Waals surface area contributed by atoms with Crippen LogP contribution >= 0.6 is 23.2 Å². The van der Waals surface area contributed by atoms with E-state index in [0.29, 0.717) is 10.7 Å². The lowest BCUT2D eigenvalue weighted by Crippen LogP contribution is -2.21. The standard InChI is InChI=1S/C16H12Cl2N2O5/c1-9-6-10(17)2-5-14(9)19-15(21)8-25-16(22)12-7-11(20(23)24)3-4-13(12)18/h2-7H,8H2,1H3,(H,19,21). The Kier molecular flexibility index (Phi) is 5.95. The van der Waals surface area contributed by atoms with E-state index in [1.165, 1.54) is 6.07 Å². The van der Waals surface area contributed by atoms with E-state index in [9.17, 15) is 19.7 Å². The van der Waals surface area contributed by atoms with Gasteiger partial charge in [-0.1, -0.05) is 23.2 Å². The number of nitrogens with one attached hydrogen (secondary N) is 1. The van der Waals surface area contributed by atoms with Crippen LogP contribution in [-0.4, -0.2) is 23.4 Å². The Hall–Kier alpha value is -2.64. The van der Waals surface area contributed by atoms with Crippen LogP contribution in [0.25, 0.3) is 0 Å². The third-order valence-electron chi connectivity index (χ3n) is 3.18. The predicted octanol–water partition coefficient (Wildman–Crippen LogP) is 4.01. The Morgan fingerprint density at radius 2 is 1.92 bits per heavy atom. The summed E-state index contributed by atoms with van der Waals surface area (Å²) in [4.78, 5) is 34.0. The quantitative estimate of drug-likeness (QED) is 0.478. The van der Waals surface area contributed by atoms with E-state index in [4.69, 9.17) is 27.9 Å². The Labute approximate surface area is 152 Å². The number of ether oxygens (including phenoxy) is 1. The maximum atomic E-state index is 12.0. The van der Waals surface area contributed by atoms with Gasteiger partial charge in [0.15, 0.2) is 6.61 Å². The van der Waals surface area contributed by atoms with Gasteiger partial charge in [-0.3, -0.25) is 14.9 Å². The van der Waals surface area contributed by atoms with Gasteiger partial charge >= 0.3 is 5.97 Å². The van der Waals surface area contributed by atoms with Crippen molar-refractivity contribution in [1.29, 1.82) is 0 Å². The highest BCUT2D eigenvalue weighted by molar-refractivity contribution is 6.33. The fourth-order valence-electron chi connectivity index (χ4n) is 1.95. The lowest BCUT2D eigenvalue weighted by Gasteiger charge is -2.09. The van der Waals surface area contributed by atoms with Crippen LogP contribution in [0.15, 0.2) is 36.4 Å². The number of halogens is 2. The van der Waals surface area contributed by atoms with E-state index in [1.54, 1.807) is 25.1 Å². The lowest BCUT2D eigenvalue weighted by molar-refractivity contribution is -0.384. The van der Waals surface area contributed by atoms with Crippen molar-refractivity contribution in [2.24, 2.45) is 0 Å². The first kappa shape index (κ1) is 18.7. The van der Waals surface area contributed by atoms with Gasteiger partial charge in [0.05, 0.1) is 15.5 Å². The van der Waals surface area contributed by atoms with Crippen molar-refractivity contribution in [1.82, 2.24) is 0 Å². The largest absolute Gasteiger partial charge is 0.452 e. The fraction of sp³-hybridized carbons (Fsp3) is 0.125. The second kappa shape index (κ2) is 7.96. The SMILES string of the molecule is Cc1cc(Cl)ccc1NC(=O)COC(=O)c1cc([N+](=O)[O-])ccc1Cl. The number of benzene rings is 2. The number of rotatable bonds is 5. The maximum absolute atomic E-state index is 12.0. The number of hydrogen-bond acceptors (Lipinski definition) is 5. The molecular formula is C16H12Cl2N2O5. The molecule has 25 heavy (non-hydrogen) atoms. The highest BCUT2D eigenvalue weighted by atomic mass is 35.5. The molecule has 0 aliphatic rings. The summed E-state index contributed by atoms with van der Waals surface area (Å²) in [5, 5.41) is 13.8. The van der Waals surface area contributed by atoms with E-state index in [-0.39, 0.29) is 16.3 Å². The average molecular weight is 383 g/mol. The minimum absolute atomic E-state index is 0.00967. The Morgan fingerprint density at radius 1 is 1.20 bits per heavy atom. The van der Waals surface area contributed by atoms with Gasteiger partial charge in [0.1, 0.15) is 0 Å². The van der Waals surface area contributed by atoms with Crippen LogP contribution in [0.1, 0.15) is 15.9 Å². The monoisotopic (exact) mass is 382 g/mol. The minimum Gasteiger partial charge on any atom is -0.452 e. The Balaban J connectivity index is 2.01. The van der Waals surface area contributed by atoms with Gasteiger partial charge in [-0.25, -0.2) is 4.79 Å². The third kappa shape index (κ3) is 4.91. The number of amides is 1. The van der Waals surface area contributed by atoms with Gasteiger partial charge < -0.3 is 10.1 Å². The van der Waals surface area contributed by atoms with Gasteiger partial charge in [-0.15, -0.1) is 0 Å². The topological polar surface area (TPSA) is 98.5 Å². The molecule has 9 heteroatoms. The molecule has 2 aromatic carbocycles. The molecule has 0 saturated heterocycles. The number of nitro benzene ring substituents is 1. The van der Waals surface area contributed by atoms with Crippen molar-refractivity contribution in [2.45, 2.75) is 6.92 Å². The number of carbonyl (C=O) groups excluding carboxylic acids is 2. The first-order valence-corrected chi connectivity index (χ1v) is 7.70. The van der Waals surface area contributed by atoms with Crippen LogP contribution in [-0.2, 0) is 9.53 Å². The van der Waals surface area contributed by atoms with Gasteiger partial charge in [-0.05, 0) is 36.8 Å². The van der Waals surface area contributed by atoms with Crippen molar-refractivity contribution in [3.05, 3.63) is 67.7 Å². The zero-order valence-electron chi connectivity index (χ0n) is 12.9. The number of anilines is 1. The number of hydrogen-bond donors (Lipinski definition) is 1. The maximum Gasteiger partial charge on any atom is 0.340 e. The molecule has 0 aromatic heterocycles. The molecule has 0 bridgehead atoms. The number of esters is 1. The van der Waals surface area contributed by atoms with Crippen LogP contribution in [0, 0.1) is 17.0 Å². The molecule has 0 heterocycles. The fourth-order valence-corrected chi connectivity index (χ4v) is 2.37. The van der Waals surface area contributed by atoms with Crippen molar-refractivity contribution in [3.63, 3.8) is 0 Å². The summed E-state index contributed by atoms with van der Waals surface area (Å²) < 4.78 is 4.86. The highest BCUT2D eigenvalue weighted by Gasteiger charge is 2.18. The van der Waals surface area contributed by atoms with E-state index in [2.05, 4.69) is 5.32 Å². The van der Waals surface area contributed by atoms with E-state index in [1.807, 2.05) is 0 Å². The molecular weight excluding hydrogens is 371 g/mol. The van der Waals surface area contributed by atoms with Crippen LogP contribution < -0.4 is 5.32 Å². The van der Waals surface area contributed by atoms with Gasteiger partial charge in [0, 0.05) is 22.8 Å². The van der Waals surface area contributed by atoms with E-state index >= 15 is 0 Å². The first-order chi connectivity index (χ1) is 11.8. The second-order valence-electron chi connectivity index (χ2n) is 5.00. The molecule has 0 fully saturated rings. The molecule has 0 saturated carbocycles. The Bertz CT molecular complexity index is 854. The molecule has 0 radical (unpaired) electrons. The average Bonchev–Trinajstić information content (AvgIpc) is 2.55.